The molecule has 8 aromatic rings. The maximum atomic E-state index is 13.7. The Morgan fingerprint density at radius 1 is 0.634 bits per heavy atom. The number of fused-ring (bicyclic) bond motifs is 11. The highest BCUT2D eigenvalue weighted by Gasteiger charge is 2.41. The summed E-state index contributed by atoms with van der Waals surface area (Å²) in [5.41, 5.74) is 11.7. The van der Waals surface area contributed by atoms with Crippen LogP contribution in [0.15, 0.2) is 190 Å². The molecule has 11 rings (SSSR count). The highest BCUT2D eigenvalue weighted by Crippen LogP contribution is 2.50. The monoisotopic (exact) mass is 1280 g/mol. The van der Waals surface area contributed by atoms with Gasteiger partial charge in [0, 0.05) is 56.9 Å². The van der Waals surface area contributed by atoms with E-state index in [4.69, 9.17) is 57.8 Å². The van der Waals surface area contributed by atoms with Crippen molar-refractivity contribution in [2.45, 2.75) is 42.6 Å². The molecule has 0 saturated heterocycles. The minimum atomic E-state index is -0.387. The molecule has 1 N–H and O–H groups in total. The molecule has 0 aliphatic carbocycles. The minimum absolute atomic E-state index is 0.0332. The number of rotatable bonds is 36. The highest BCUT2D eigenvalue weighted by atomic mass is 32.2. The molecule has 1 aromatic heterocycles. The molecule has 93 heavy (non-hydrogen) atoms. The van der Waals surface area contributed by atoms with Crippen molar-refractivity contribution in [2.75, 3.05) is 140 Å². The lowest BCUT2D eigenvalue weighted by molar-refractivity contribution is -0.120. The van der Waals surface area contributed by atoms with Crippen LogP contribution in [-0.2, 0) is 65.4 Å². The van der Waals surface area contributed by atoms with E-state index in [1.54, 1.807) is 17.3 Å². The van der Waals surface area contributed by atoms with Gasteiger partial charge in [0.25, 0.3) is 0 Å². The molecule has 486 valence electrons. The number of benzene rings is 6. The second kappa shape index (κ2) is 35.5. The number of thioether (sulfide) groups is 1. The number of aromatic nitrogens is 1. The van der Waals surface area contributed by atoms with E-state index in [9.17, 15) is 20.1 Å². The van der Waals surface area contributed by atoms with Crippen molar-refractivity contribution < 1.29 is 57.5 Å². The summed E-state index contributed by atoms with van der Waals surface area (Å²) in [6, 6.07) is 47.2. The van der Waals surface area contributed by atoms with Crippen molar-refractivity contribution in [2.24, 2.45) is 15.5 Å². The number of ether oxygens (including phenoxy) is 9. The normalized spacial score (nSPS) is 15.0. The third-order valence-electron chi connectivity index (χ3n) is 15.8. The fraction of sp³-hybridized carbons (Fsp3) is 0.352. The average Bonchev–Trinajstić information content (AvgIpc) is 1.58. The molecule has 3 aliphatic rings. The van der Waals surface area contributed by atoms with Gasteiger partial charge in [-0.2, -0.15) is 15.1 Å². The van der Waals surface area contributed by atoms with E-state index in [-0.39, 0.29) is 62.4 Å². The third kappa shape index (κ3) is 18.0. The Bertz CT molecular complexity index is 3770. The summed E-state index contributed by atoms with van der Waals surface area (Å²) in [5, 5.41) is 37.9. The Morgan fingerprint density at radius 2 is 1.20 bits per heavy atom. The Hall–Kier alpha value is -8.57. The van der Waals surface area contributed by atoms with Gasteiger partial charge >= 0.3 is 0 Å². The molecule has 21 nitrogen and oxygen atoms in total. The van der Waals surface area contributed by atoms with Crippen LogP contribution in [0.25, 0.3) is 33.2 Å². The van der Waals surface area contributed by atoms with Crippen molar-refractivity contribution in [3.8, 4) is 27.7 Å². The summed E-state index contributed by atoms with van der Waals surface area (Å²) >= 11 is 1.13. The number of thiocyanates is 1. The molecule has 4 heterocycles. The smallest absolute Gasteiger partial charge is 0.229 e. The summed E-state index contributed by atoms with van der Waals surface area (Å²) in [6.07, 6.45) is 2.92. The maximum Gasteiger partial charge on any atom is 0.229 e. The van der Waals surface area contributed by atoms with Crippen LogP contribution in [0, 0.1) is 10.7 Å². The average molecular weight is 1280 g/mol. The Labute approximate surface area is 545 Å². The predicted octanol–water partition coefficient (Wildman–Crippen LogP) is 11.3. The zero-order valence-corrected chi connectivity index (χ0v) is 52.9. The van der Waals surface area contributed by atoms with Gasteiger partial charge in [-0.3, -0.25) is 9.59 Å². The highest BCUT2D eigenvalue weighted by molar-refractivity contribution is 8.03. The molecule has 3 aliphatic heterocycles. The Balaban J connectivity index is 0.00000468. The van der Waals surface area contributed by atoms with Gasteiger partial charge in [-0.25, -0.2) is 5.01 Å². The van der Waals surface area contributed by atoms with Crippen LogP contribution in [0.2, 0.25) is 0 Å². The number of oxime groups is 1. The summed E-state index contributed by atoms with van der Waals surface area (Å²) in [7, 11) is 0. The van der Waals surface area contributed by atoms with Gasteiger partial charge in [-0.15, -0.1) is 13.2 Å². The number of anilines is 3. The van der Waals surface area contributed by atoms with Crippen LogP contribution in [0.5, 0.6) is 0 Å². The first-order chi connectivity index (χ1) is 45.9. The van der Waals surface area contributed by atoms with Crippen LogP contribution >= 0.6 is 11.8 Å². The van der Waals surface area contributed by atoms with Gasteiger partial charge in [-0.1, -0.05) is 114 Å². The van der Waals surface area contributed by atoms with Crippen LogP contribution < -0.4 is 20.2 Å². The number of nitrogens with zero attached hydrogens (tertiary/aromatic N) is 8. The summed E-state index contributed by atoms with van der Waals surface area (Å²) in [4.78, 5) is 37.0. The molecule has 0 bridgehead atoms. The quantitative estimate of drug-likeness (QED) is 0.00733. The van der Waals surface area contributed by atoms with Gasteiger partial charge in [0.15, 0.2) is 5.43 Å². The molecule has 3 atom stereocenters. The first-order valence-electron chi connectivity index (χ1n) is 31.2. The standard InChI is InChI=1S/C69H74N8O13S.C2H4/c70-49-91-55-23-21-53(22-24-55)77-68-58-15-4-2-11-50(58)44-74(61-18-8-7-17-60(61)67(68)72-73-77)26-28-82-30-32-85-39-41-89-54(48-88-38-36-84-33-34-86-40-42-90-71-43-52-46-76(80)63-20-10-5-13-56(52)63)47-87-37-35-83-31-29-81-27-25-64(78)75-45-51-12-1-3-14-57(51)65-66(69(65)79)59-16-6-9-19-62(59)75;1-2/h1-24,43,46,54,67-68,80H,25-42,44-45,47-48H2;1-2H2/b71-43+;. The number of hydrogen-bond acceptors (Lipinski definition) is 20. The molecule has 0 radical (unpaired) electrons. The SMILES string of the molecule is C=C.N#CSc1ccc(N2N=NC3c4ccccc4N(CCOCCOCCOC(COCCOCCOCCO/N=C/c4cn(O)c5ccccc45)COCCOCCOCCC(=O)N4Cc5ccccc5-c5c(c5=O)-c5ccccc54)Cc4ccccc4C32)cc1. The van der Waals surface area contributed by atoms with Gasteiger partial charge in [0.2, 0.25) is 5.91 Å². The lowest BCUT2D eigenvalue weighted by Crippen LogP contribution is -2.33. The number of amides is 1. The Kier molecular flexibility index (Phi) is 25.7. The number of carbonyl (C=O) groups excluding carboxylic acids is 1. The molecule has 1 amide bonds. The third-order valence-corrected chi connectivity index (χ3v) is 16.4. The molecule has 7 aromatic carbocycles. The molecule has 22 heteroatoms. The first kappa shape index (κ1) is 67.3. The molecular weight excluding hydrogens is 1200 g/mol. The number of para-hydroxylation sites is 3. The lowest BCUT2D eigenvalue weighted by Gasteiger charge is -2.35. The second-order valence-electron chi connectivity index (χ2n) is 21.6. The summed E-state index contributed by atoms with van der Waals surface area (Å²) < 4.78 is 54.3. The van der Waals surface area contributed by atoms with E-state index in [1.165, 1.54) is 5.56 Å². The van der Waals surface area contributed by atoms with Crippen LogP contribution in [-0.4, -0.2) is 154 Å². The summed E-state index contributed by atoms with van der Waals surface area (Å²) in [5.74, 6) is -0.0899. The van der Waals surface area contributed by atoms with Crippen LogP contribution in [0.3, 0.4) is 0 Å². The predicted molar refractivity (Wildman–Crippen MR) is 357 cm³/mol. The van der Waals surface area contributed by atoms with Crippen LogP contribution in [0.1, 0.15) is 46.3 Å². The molecular formula is C71H78N8O13S. The van der Waals surface area contributed by atoms with Crippen molar-refractivity contribution in [3.63, 3.8) is 0 Å². The second-order valence-corrected chi connectivity index (χ2v) is 22.5. The molecule has 0 fully saturated rings. The maximum absolute atomic E-state index is 13.7. The molecule has 3 unspecified atom stereocenters. The van der Waals surface area contributed by atoms with Crippen LogP contribution in [0.4, 0.5) is 17.1 Å². The van der Waals surface area contributed by atoms with Gasteiger partial charge in [0.1, 0.15) is 30.2 Å². The van der Waals surface area contributed by atoms with Crippen molar-refractivity contribution in [1.82, 2.24) is 4.73 Å². The largest absolute Gasteiger partial charge is 0.428 e. The topological polar surface area (TPSA) is 222 Å². The van der Waals surface area contributed by atoms with E-state index in [1.807, 2.05) is 102 Å². The van der Waals surface area contributed by atoms with Gasteiger partial charge < -0.3 is 62.5 Å². The van der Waals surface area contributed by atoms with E-state index in [2.05, 4.69) is 77.1 Å². The molecule has 0 spiro atoms. The van der Waals surface area contributed by atoms with Crippen molar-refractivity contribution in [3.05, 3.63) is 203 Å². The number of nitriles is 1. The first-order valence-corrected chi connectivity index (χ1v) is 32.0. The fourth-order valence-electron chi connectivity index (χ4n) is 11.3. The zero-order valence-electron chi connectivity index (χ0n) is 52.0. The number of carbonyl (C=O) groups is 1. The minimum Gasteiger partial charge on any atom is -0.428 e. The zero-order chi connectivity index (χ0) is 64.4. The molecule has 0 saturated carbocycles. The van der Waals surface area contributed by atoms with E-state index in [0.29, 0.717) is 123 Å². The van der Waals surface area contributed by atoms with Crippen molar-refractivity contribution >= 4 is 51.8 Å². The van der Waals surface area contributed by atoms with E-state index >= 15 is 0 Å². The van der Waals surface area contributed by atoms with E-state index < -0.39 is 0 Å². The lowest BCUT2D eigenvalue weighted by atomic mass is 9.87. The van der Waals surface area contributed by atoms with E-state index in [0.717, 1.165) is 82.8 Å². The summed E-state index contributed by atoms with van der Waals surface area (Å²) in [6.45, 7) is 13.7. The Morgan fingerprint density at radius 3 is 1.92 bits per heavy atom. The fourth-order valence-corrected chi connectivity index (χ4v) is 11.7. The number of hydrogen-bond donors (Lipinski definition) is 1. The van der Waals surface area contributed by atoms with Gasteiger partial charge in [-0.05, 0) is 76.5 Å². The van der Waals surface area contributed by atoms with Crippen molar-refractivity contribution in [1.29, 1.82) is 5.26 Å². The van der Waals surface area contributed by atoms with Gasteiger partial charge in [0.05, 0.1) is 155 Å².